The molecule has 2 aliphatic carbocycles. The highest BCUT2D eigenvalue weighted by molar-refractivity contribution is 5.94. The lowest BCUT2D eigenvalue weighted by molar-refractivity contribution is -0.150. The van der Waals surface area contributed by atoms with E-state index in [1.165, 1.54) is 7.11 Å². The van der Waals surface area contributed by atoms with Crippen molar-refractivity contribution in [2.75, 3.05) is 13.7 Å². The van der Waals surface area contributed by atoms with Crippen molar-refractivity contribution in [2.45, 2.75) is 44.8 Å². The average molecular weight is 596 g/mol. The van der Waals surface area contributed by atoms with Crippen LogP contribution in [-0.2, 0) is 19.1 Å². The second kappa shape index (κ2) is 11.6. The first-order valence-electron chi connectivity index (χ1n) is 13.8. The SMILES string of the molecule is C=CC1CC1(NC(=O)C1CC(Oc2nc(-c3cc(F)cc(F)c3)nc3c(C)c(OC)ccc23)CC1C(=O)O)C(=O)OCC. The molecule has 226 valence electrons. The third kappa shape index (κ3) is 5.61. The molecule has 43 heavy (non-hydrogen) atoms. The molecule has 10 nitrogen and oxygen atoms in total. The Bertz CT molecular complexity index is 1610. The molecule has 1 aromatic heterocycles. The Hall–Kier alpha value is -4.61. The highest BCUT2D eigenvalue weighted by Crippen LogP contribution is 2.46. The van der Waals surface area contributed by atoms with Crippen molar-refractivity contribution in [1.29, 1.82) is 0 Å². The molecule has 2 fully saturated rings. The second-order valence-corrected chi connectivity index (χ2v) is 10.8. The van der Waals surface area contributed by atoms with E-state index in [4.69, 9.17) is 14.2 Å². The third-order valence-electron chi connectivity index (χ3n) is 8.11. The number of carbonyl (C=O) groups is 3. The summed E-state index contributed by atoms with van der Waals surface area (Å²) in [5.74, 6) is -5.87. The number of benzene rings is 2. The van der Waals surface area contributed by atoms with E-state index in [1.54, 1.807) is 32.1 Å². The third-order valence-corrected chi connectivity index (χ3v) is 8.11. The van der Waals surface area contributed by atoms with E-state index in [0.29, 0.717) is 28.6 Å². The number of methoxy groups -OCH3 is 1. The highest BCUT2D eigenvalue weighted by atomic mass is 19.1. The summed E-state index contributed by atoms with van der Waals surface area (Å²) in [5, 5.41) is 13.2. The van der Waals surface area contributed by atoms with Gasteiger partial charge in [0, 0.05) is 23.1 Å². The zero-order valence-corrected chi connectivity index (χ0v) is 23.9. The fraction of sp³-hybridized carbons (Fsp3) is 0.387. The summed E-state index contributed by atoms with van der Waals surface area (Å²) in [6.07, 6.45) is 1.11. The lowest BCUT2D eigenvalue weighted by Gasteiger charge is -2.21. The average Bonchev–Trinajstić information content (AvgIpc) is 3.51. The molecule has 3 aromatic rings. The van der Waals surface area contributed by atoms with E-state index in [0.717, 1.165) is 18.2 Å². The van der Waals surface area contributed by atoms with Crippen LogP contribution in [0.1, 0.15) is 31.7 Å². The van der Waals surface area contributed by atoms with E-state index in [-0.39, 0.29) is 42.6 Å². The number of carboxylic acids is 1. The van der Waals surface area contributed by atoms with E-state index in [1.807, 2.05) is 0 Å². The van der Waals surface area contributed by atoms with Crippen LogP contribution in [0.3, 0.4) is 0 Å². The number of carboxylic acid groups (broad SMARTS) is 1. The molecule has 0 spiro atoms. The minimum atomic E-state index is -1.27. The van der Waals surface area contributed by atoms with Gasteiger partial charge in [-0.2, -0.15) is 4.98 Å². The minimum Gasteiger partial charge on any atom is -0.496 e. The molecule has 2 aliphatic rings. The number of nitrogens with zero attached hydrogens (tertiary/aromatic N) is 2. The van der Waals surface area contributed by atoms with Crippen molar-refractivity contribution >= 4 is 28.7 Å². The maximum Gasteiger partial charge on any atom is 0.332 e. The first-order valence-corrected chi connectivity index (χ1v) is 13.8. The molecule has 0 radical (unpaired) electrons. The van der Waals surface area contributed by atoms with Gasteiger partial charge < -0.3 is 24.6 Å². The molecular formula is C31H31F2N3O7. The lowest BCUT2D eigenvalue weighted by atomic mass is 9.94. The largest absolute Gasteiger partial charge is 0.496 e. The van der Waals surface area contributed by atoms with Crippen LogP contribution in [0.5, 0.6) is 11.6 Å². The Morgan fingerprint density at radius 2 is 1.84 bits per heavy atom. The van der Waals surface area contributed by atoms with Crippen LogP contribution in [-0.4, -0.2) is 58.3 Å². The van der Waals surface area contributed by atoms with Gasteiger partial charge in [0.2, 0.25) is 11.8 Å². The normalized spacial score (nSPS) is 24.3. The number of nitrogens with one attached hydrogen (secondary N) is 1. The fourth-order valence-corrected chi connectivity index (χ4v) is 5.79. The summed E-state index contributed by atoms with van der Waals surface area (Å²) in [4.78, 5) is 47.3. The summed E-state index contributed by atoms with van der Waals surface area (Å²) in [5.41, 5.74) is -0.163. The van der Waals surface area contributed by atoms with Gasteiger partial charge in [-0.05, 0) is 57.4 Å². The van der Waals surface area contributed by atoms with Crippen LogP contribution in [0.4, 0.5) is 8.78 Å². The maximum atomic E-state index is 14.1. The van der Waals surface area contributed by atoms with Crippen LogP contribution in [0.2, 0.25) is 0 Å². The summed E-state index contributed by atoms with van der Waals surface area (Å²) in [6.45, 7) is 7.26. The Labute approximate surface area is 246 Å². The quantitative estimate of drug-likeness (QED) is 0.259. The zero-order valence-electron chi connectivity index (χ0n) is 23.9. The van der Waals surface area contributed by atoms with Gasteiger partial charge >= 0.3 is 11.9 Å². The molecule has 5 atom stereocenters. The van der Waals surface area contributed by atoms with Crippen molar-refractivity contribution < 1.29 is 42.5 Å². The van der Waals surface area contributed by atoms with Gasteiger partial charge in [-0.1, -0.05) is 6.08 Å². The number of amides is 1. The van der Waals surface area contributed by atoms with E-state index < -0.39 is 53.0 Å². The second-order valence-electron chi connectivity index (χ2n) is 10.8. The number of ether oxygens (including phenoxy) is 3. The molecule has 1 amide bonds. The van der Waals surface area contributed by atoms with Crippen LogP contribution >= 0.6 is 0 Å². The van der Waals surface area contributed by atoms with Gasteiger partial charge in [-0.15, -0.1) is 6.58 Å². The topological polar surface area (TPSA) is 137 Å². The first kappa shape index (κ1) is 29.9. The molecule has 0 saturated heterocycles. The first-order chi connectivity index (χ1) is 20.5. The van der Waals surface area contributed by atoms with Crippen molar-refractivity contribution in [3.8, 4) is 23.0 Å². The molecule has 5 rings (SSSR count). The van der Waals surface area contributed by atoms with Crippen LogP contribution in [0.25, 0.3) is 22.3 Å². The molecule has 0 bridgehead atoms. The van der Waals surface area contributed by atoms with Crippen molar-refractivity contribution in [1.82, 2.24) is 15.3 Å². The lowest BCUT2D eigenvalue weighted by Crippen LogP contribution is -2.49. The highest BCUT2D eigenvalue weighted by Gasteiger charge is 2.62. The maximum absolute atomic E-state index is 14.1. The van der Waals surface area contributed by atoms with Gasteiger partial charge in [0.1, 0.15) is 29.0 Å². The van der Waals surface area contributed by atoms with Crippen LogP contribution < -0.4 is 14.8 Å². The fourth-order valence-electron chi connectivity index (χ4n) is 5.79. The molecule has 5 unspecified atom stereocenters. The van der Waals surface area contributed by atoms with Gasteiger partial charge in [0.15, 0.2) is 5.82 Å². The number of hydrogen-bond donors (Lipinski definition) is 2. The van der Waals surface area contributed by atoms with E-state index in [2.05, 4.69) is 21.9 Å². The van der Waals surface area contributed by atoms with E-state index >= 15 is 0 Å². The molecule has 0 aliphatic heterocycles. The van der Waals surface area contributed by atoms with Crippen molar-refractivity contribution in [3.05, 3.63) is 60.2 Å². The standard InChI is InChI=1S/C31H31F2N3O7/c1-5-17-14-31(17,30(40)42-6-2)36-27(37)22-12-20(13-23(22)29(38)39)43-28-21-7-8-24(41-4)15(3)25(21)34-26(35-28)16-9-18(32)11-19(33)10-16/h5,7-11,17,20,22-23H,1,6,12-14H2,2-4H3,(H,36,37)(H,38,39). The number of aryl methyl sites for hydroxylation is 1. The summed E-state index contributed by atoms with van der Waals surface area (Å²) >= 11 is 0. The van der Waals surface area contributed by atoms with Crippen molar-refractivity contribution in [3.63, 3.8) is 0 Å². The minimum absolute atomic E-state index is 0.0140. The van der Waals surface area contributed by atoms with Gasteiger partial charge in [0.25, 0.3) is 0 Å². The Morgan fingerprint density at radius 1 is 1.14 bits per heavy atom. The van der Waals surface area contributed by atoms with Crippen LogP contribution in [0.15, 0.2) is 43.0 Å². The summed E-state index contributed by atoms with van der Waals surface area (Å²) in [6, 6.07) is 6.28. The number of esters is 1. The number of fused-ring (bicyclic) bond motifs is 1. The molecular weight excluding hydrogens is 564 g/mol. The Balaban J connectivity index is 1.47. The van der Waals surface area contributed by atoms with Gasteiger partial charge in [0.05, 0.1) is 36.5 Å². The smallest absolute Gasteiger partial charge is 0.332 e. The number of hydrogen-bond acceptors (Lipinski definition) is 8. The summed E-state index contributed by atoms with van der Waals surface area (Å²) in [7, 11) is 1.50. The van der Waals surface area contributed by atoms with Crippen molar-refractivity contribution in [2.24, 2.45) is 17.8 Å². The molecule has 12 heteroatoms. The van der Waals surface area contributed by atoms with Crippen LogP contribution in [0, 0.1) is 36.3 Å². The Kier molecular flexibility index (Phi) is 8.04. The zero-order chi connectivity index (χ0) is 31.1. The van der Waals surface area contributed by atoms with E-state index in [9.17, 15) is 28.3 Å². The van der Waals surface area contributed by atoms with Gasteiger partial charge in [-0.3, -0.25) is 9.59 Å². The van der Waals surface area contributed by atoms with Gasteiger partial charge in [-0.25, -0.2) is 18.6 Å². The number of rotatable bonds is 10. The predicted molar refractivity (Wildman–Crippen MR) is 150 cm³/mol. The monoisotopic (exact) mass is 595 g/mol. The number of aromatic nitrogens is 2. The molecule has 2 N–H and O–H groups in total. The molecule has 2 aromatic carbocycles. The number of halogens is 2. The predicted octanol–water partition coefficient (Wildman–Crippen LogP) is 4.37. The molecule has 2 saturated carbocycles. The number of carbonyl (C=O) groups excluding carboxylic acids is 2. The molecule has 1 heterocycles. The number of aliphatic carboxylic acids is 1. The Morgan fingerprint density at radius 3 is 2.44 bits per heavy atom. The summed E-state index contributed by atoms with van der Waals surface area (Å²) < 4.78 is 45.0.